The van der Waals surface area contributed by atoms with E-state index in [1.54, 1.807) is 13.0 Å². The maximum Gasteiger partial charge on any atom is 0.344 e. The summed E-state index contributed by atoms with van der Waals surface area (Å²) in [5.74, 6) is -1.17. The third-order valence-corrected chi connectivity index (χ3v) is 6.25. The second-order valence-corrected chi connectivity index (χ2v) is 8.68. The lowest BCUT2D eigenvalue weighted by Crippen LogP contribution is -2.49. The van der Waals surface area contributed by atoms with Gasteiger partial charge in [-0.1, -0.05) is 42.5 Å². The van der Waals surface area contributed by atoms with Crippen LogP contribution in [0.25, 0.3) is 0 Å². The molecule has 1 fully saturated rings. The molecule has 7 heteroatoms. The molecule has 32 heavy (non-hydrogen) atoms. The molecule has 2 aliphatic rings. The van der Waals surface area contributed by atoms with E-state index in [9.17, 15) is 19.2 Å². The van der Waals surface area contributed by atoms with Crippen molar-refractivity contribution < 1.29 is 19.2 Å². The first-order valence-electron chi connectivity index (χ1n) is 11.0. The molecule has 2 N–H and O–H groups in total. The van der Waals surface area contributed by atoms with Crippen LogP contribution in [-0.4, -0.2) is 34.2 Å². The zero-order valence-corrected chi connectivity index (χ0v) is 18.1. The Balaban J connectivity index is 1.30. The Bertz CT molecular complexity index is 1070. The molecule has 1 aliphatic carbocycles. The minimum atomic E-state index is -1.10. The standard InChI is InChI=1S/C25H27N3O4/c1-25(15-14-17-6-3-2-4-7-17)23(31)28(24(32)26-25)27-22(30)13-12-21(29)20-11-10-18-8-5-9-19(18)16-20/h2-4,6-7,10-11,16H,5,8-9,12-15H2,1H3,(H,26,32)(H,27,30). The Morgan fingerprint density at radius 2 is 1.78 bits per heavy atom. The van der Waals surface area contributed by atoms with E-state index in [2.05, 4.69) is 10.7 Å². The molecule has 0 saturated carbocycles. The lowest BCUT2D eigenvalue weighted by atomic mass is 9.93. The number of nitrogens with zero attached hydrogens (tertiary/aromatic N) is 1. The van der Waals surface area contributed by atoms with Crippen molar-refractivity contribution in [3.05, 3.63) is 70.8 Å². The number of hydrogen-bond acceptors (Lipinski definition) is 4. The zero-order valence-electron chi connectivity index (χ0n) is 18.1. The normalized spacial score (nSPS) is 19.6. The van der Waals surface area contributed by atoms with E-state index in [4.69, 9.17) is 0 Å². The van der Waals surface area contributed by atoms with Crippen LogP contribution in [0.5, 0.6) is 0 Å². The maximum absolute atomic E-state index is 12.8. The number of carbonyl (C=O) groups excluding carboxylic acids is 4. The number of aryl methyl sites for hydroxylation is 3. The van der Waals surface area contributed by atoms with E-state index in [1.807, 2.05) is 42.5 Å². The number of Topliss-reactive ketones (excluding diaryl/α,β-unsaturated/α-hetero) is 1. The number of hydrazine groups is 1. The molecule has 7 nitrogen and oxygen atoms in total. The van der Waals surface area contributed by atoms with Crippen molar-refractivity contribution >= 4 is 23.6 Å². The molecule has 4 amide bonds. The van der Waals surface area contributed by atoms with Crippen LogP contribution in [0, 0.1) is 0 Å². The predicted octanol–water partition coefficient (Wildman–Crippen LogP) is 3.11. The van der Waals surface area contributed by atoms with Crippen LogP contribution in [0.4, 0.5) is 4.79 Å². The van der Waals surface area contributed by atoms with E-state index in [0.717, 1.165) is 29.8 Å². The highest BCUT2D eigenvalue weighted by atomic mass is 16.2. The van der Waals surface area contributed by atoms with Crippen LogP contribution in [0.1, 0.15) is 59.7 Å². The molecule has 1 saturated heterocycles. The van der Waals surface area contributed by atoms with Crippen molar-refractivity contribution in [2.75, 3.05) is 0 Å². The minimum Gasteiger partial charge on any atom is -0.322 e. The van der Waals surface area contributed by atoms with Gasteiger partial charge in [0.25, 0.3) is 5.91 Å². The number of fused-ring (bicyclic) bond motifs is 1. The predicted molar refractivity (Wildman–Crippen MR) is 119 cm³/mol. The van der Waals surface area contributed by atoms with E-state index >= 15 is 0 Å². The van der Waals surface area contributed by atoms with Gasteiger partial charge in [-0.2, -0.15) is 5.01 Å². The maximum atomic E-state index is 12.8. The Hall–Kier alpha value is -3.48. The van der Waals surface area contributed by atoms with E-state index in [-0.39, 0.29) is 18.6 Å². The van der Waals surface area contributed by atoms with Crippen molar-refractivity contribution in [2.24, 2.45) is 0 Å². The minimum absolute atomic E-state index is 0.0134. The number of urea groups is 1. The number of imide groups is 1. The first kappa shape index (κ1) is 21.7. The van der Waals surface area contributed by atoms with Crippen molar-refractivity contribution in [3.63, 3.8) is 0 Å². The molecular formula is C25H27N3O4. The Kier molecular flexibility index (Phi) is 6.08. The van der Waals surface area contributed by atoms with Gasteiger partial charge in [-0.3, -0.25) is 19.8 Å². The number of benzene rings is 2. The van der Waals surface area contributed by atoms with Gasteiger partial charge in [-0.25, -0.2) is 4.79 Å². The fourth-order valence-corrected chi connectivity index (χ4v) is 4.29. The third-order valence-electron chi connectivity index (χ3n) is 6.25. The van der Waals surface area contributed by atoms with Gasteiger partial charge in [0, 0.05) is 18.4 Å². The number of amides is 4. The van der Waals surface area contributed by atoms with Crippen LogP contribution >= 0.6 is 0 Å². The van der Waals surface area contributed by atoms with Crippen molar-refractivity contribution in [1.29, 1.82) is 0 Å². The molecule has 166 valence electrons. The summed E-state index contributed by atoms with van der Waals surface area (Å²) in [5.41, 5.74) is 5.41. The van der Waals surface area contributed by atoms with E-state index in [1.165, 1.54) is 11.1 Å². The first-order chi connectivity index (χ1) is 15.4. The van der Waals surface area contributed by atoms with Gasteiger partial charge < -0.3 is 5.32 Å². The fraction of sp³-hybridized carbons (Fsp3) is 0.360. The SMILES string of the molecule is CC1(CCc2ccccc2)NC(=O)N(NC(=O)CCC(=O)c2ccc3c(c2)CCC3)C1=O. The summed E-state index contributed by atoms with van der Waals surface area (Å²) in [6.07, 6.45) is 4.05. The molecule has 1 atom stereocenters. The number of carbonyl (C=O) groups is 4. The molecule has 0 radical (unpaired) electrons. The molecule has 4 rings (SSSR count). The topological polar surface area (TPSA) is 95.6 Å². The van der Waals surface area contributed by atoms with Crippen molar-refractivity contribution in [1.82, 2.24) is 15.8 Å². The van der Waals surface area contributed by atoms with Crippen molar-refractivity contribution in [3.8, 4) is 0 Å². The monoisotopic (exact) mass is 433 g/mol. The van der Waals surface area contributed by atoms with Crippen LogP contribution in [0.2, 0.25) is 0 Å². The van der Waals surface area contributed by atoms with Crippen LogP contribution in [-0.2, 0) is 28.9 Å². The second-order valence-electron chi connectivity index (χ2n) is 8.68. The van der Waals surface area contributed by atoms with E-state index < -0.39 is 23.4 Å². The highest BCUT2D eigenvalue weighted by Gasteiger charge is 2.48. The molecular weight excluding hydrogens is 406 g/mol. The van der Waals surface area contributed by atoms with Crippen LogP contribution in [0.3, 0.4) is 0 Å². The molecule has 1 aliphatic heterocycles. The second kappa shape index (κ2) is 8.94. The lowest BCUT2D eigenvalue weighted by molar-refractivity contribution is -0.138. The molecule has 1 heterocycles. The zero-order chi connectivity index (χ0) is 22.7. The van der Waals surface area contributed by atoms with Gasteiger partial charge in [0.1, 0.15) is 5.54 Å². The van der Waals surface area contributed by atoms with Crippen LogP contribution < -0.4 is 10.7 Å². The van der Waals surface area contributed by atoms with Gasteiger partial charge >= 0.3 is 6.03 Å². The van der Waals surface area contributed by atoms with Gasteiger partial charge in [0.2, 0.25) is 5.91 Å². The quantitative estimate of drug-likeness (QED) is 0.494. The summed E-state index contributed by atoms with van der Waals surface area (Å²) in [6, 6.07) is 14.7. The van der Waals surface area contributed by atoms with Gasteiger partial charge in [-0.05, 0) is 61.8 Å². The molecule has 0 bridgehead atoms. The molecule has 1 unspecified atom stereocenters. The highest BCUT2D eigenvalue weighted by molar-refractivity contribution is 6.08. The molecule has 0 aromatic heterocycles. The highest BCUT2D eigenvalue weighted by Crippen LogP contribution is 2.24. The Labute approximate surface area is 187 Å². The summed E-state index contributed by atoms with van der Waals surface area (Å²) in [4.78, 5) is 50.0. The molecule has 2 aromatic carbocycles. The van der Waals surface area contributed by atoms with E-state index in [0.29, 0.717) is 18.4 Å². The number of hydrogen-bond donors (Lipinski definition) is 2. The average Bonchev–Trinajstić information content (AvgIpc) is 3.35. The molecule has 0 spiro atoms. The smallest absolute Gasteiger partial charge is 0.322 e. The third kappa shape index (κ3) is 4.56. The Morgan fingerprint density at radius 3 is 2.56 bits per heavy atom. The lowest BCUT2D eigenvalue weighted by Gasteiger charge is -2.21. The summed E-state index contributed by atoms with van der Waals surface area (Å²) in [6.45, 7) is 1.65. The van der Waals surface area contributed by atoms with Crippen LogP contribution in [0.15, 0.2) is 48.5 Å². The summed E-state index contributed by atoms with van der Waals surface area (Å²) in [5, 5.41) is 3.41. The van der Waals surface area contributed by atoms with Gasteiger partial charge in [-0.15, -0.1) is 0 Å². The number of ketones is 1. The molecule has 2 aromatic rings. The van der Waals surface area contributed by atoms with Crippen molar-refractivity contribution in [2.45, 2.75) is 57.4 Å². The van der Waals surface area contributed by atoms with Gasteiger partial charge in [0.05, 0.1) is 0 Å². The summed E-state index contributed by atoms with van der Waals surface area (Å²) in [7, 11) is 0. The van der Waals surface area contributed by atoms with Gasteiger partial charge in [0.15, 0.2) is 5.78 Å². The number of rotatable bonds is 8. The summed E-state index contributed by atoms with van der Waals surface area (Å²) >= 11 is 0. The summed E-state index contributed by atoms with van der Waals surface area (Å²) < 4.78 is 0. The Morgan fingerprint density at radius 1 is 1.03 bits per heavy atom. The largest absolute Gasteiger partial charge is 0.344 e. The average molecular weight is 434 g/mol. The number of nitrogens with one attached hydrogen (secondary N) is 2. The fourth-order valence-electron chi connectivity index (χ4n) is 4.29. The first-order valence-corrected chi connectivity index (χ1v) is 11.0.